The lowest BCUT2D eigenvalue weighted by Gasteiger charge is -2.40. The normalized spacial score (nSPS) is 14.5. The second-order valence-corrected chi connectivity index (χ2v) is 12.2. The Balaban J connectivity index is 3.08. The van der Waals surface area contributed by atoms with Crippen LogP contribution in [-0.4, -0.2) is 95.5 Å². The Hall–Kier alpha value is -3.73. The molecule has 0 radical (unpaired) electrons. The molecule has 0 bridgehead atoms. The van der Waals surface area contributed by atoms with Crippen molar-refractivity contribution in [3.8, 4) is 0 Å². The van der Waals surface area contributed by atoms with Crippen molar-refractivity contribution < 1.29 is 34.2 Å². The molecule has 4 N–H and O–H groups in total. The number of carboxylic acids is 2. The van der Waals surface area contributed by atoms with Gasteiger partial charge in [0.25, 0.3) is 0 Å². The van der Waals surface area contributed by atoms with Crippen LogP contribution < -0.4 is 10.6 Å². The Kier molecular flexibility index (Phi) is 12.7. The fourth-order valence-corrected chi connectivity index (χ4v) is 4.58. The summed E-state index contributed by atoms with van der Waals surface area (Å²) < 4.78 is 0. The van der Waals surface area contributed by atoms with Gasteiger partial charge in [0.05, 0.1) is 6.04 Å². The van der Waals surface area contributed by atoms with Crippen LogP contribution in [0.3, 0.4) is 0 Å². The molecule has 1 aromatic rings. The fourth-order valence-electron chi connectivity index (χ4n) is 4.58. The number of carbonyl (C=O) groups excluding carboxylic acids is 3. The first-order chi connectivity index (χ1) is 18.8. The summed E-state index contributed by atoms with van der Waals surface area (Å²) >= 11 is 0. The van der Waals surface area contributed by atoms with Crippen LogP contribution in [0.15, 0.2) is 42.0 Å². The highest BCUT2D eigenvalue weighted by atomic mass is 16.4. The average Bonchev–Trinajstić information content (AvgIpc) is 2.86. The summed E-state index contributed by atoms with van der Waals surface area (Å²) in [5.41, 5.74) is -0.0574. The molecule has 0 saturated heterocycles. The molecule has 11 nitrogen and oxygen atoms in total. The van der Waals surface area contributed by atoms with Crippen molar-refractivity contribution in [3.05, 3.63) is 47.5 Å². The van der Waals surface area contributed by atoms with Crippen molar-refractivity contribution in [2.24, 2.45) is 5.41 Å². The number of rotatable bonds is 14. The van der Waals surface area contributed by atoms with Crippen LogP contribution in [-0.2, 0) is 29.4 Å². The summed E-state index contributed by atoms with van der Waals surface area (Å²) in [5, 5.41) is 23.4. The van der Waals surface area contributed by atoms with Gasteiger partial charge in [0.15, 0.2) is 0 Å². The Bertz CT molecular complexity index is 1120. The number of nitrogens with zero attached hydrogens (tertiary/aromatic N) is 2. The van der Waals surface area contributed by atoms with E-state index in [1.807, 2.05) is 83.9 Å². The maximum atomic E-state index is 13.7. The van der Waals surface area contributed by atoms with E-state index >= 15 is 0 Å². The molecular weight excluding hydrogens is 528 g/mol. The van der Waals surface area contributed by atoms with Gasteiger partial charge in [0.2, 0.25) is 17.7 Å². The van der Waals surface area contributed by atoms with Gasteiger partial charge in [-0.25, -0.2) is 4.79 Å². The molecule has 0 aliphatic heterocycles. The molecule has 3 atom stereocenters. The first-order valence-corrected chi connectivity index (χ1v) is 13.5. The fraction of sp³-hybridized carbons (Fsp3) is 0.567. The zero-order valence-electron chi connectivity index (χ0n) is 25.6. The predicted molar refractivity (Wildman–Crippen MR) is 156 cm³/mol. The number of carboxylic acid groups (broad SMARTS) is 2. The van der Waals surface area contributed by atoms with E-state index in [1.54, 1.807) is 7.05 Å². The molecule has 41 heavy (non-hydrogen) atoms. The Morgan fingerprint density at radius 2 is 1.49 bits per heavy atom. The van der Waals surface area contributed by atoms with Crippen molar-refractivity contribution >= 4 is 29.7 Å². The van der Waals surface area contributed by atoms with Crippen molar-refractivity contribution in [2.75, 3.05) is 27.7 Å². The van der Waals surface area contributed by atoms with Crippen LogP contribution in [0.5, 0.6) is 0 Å². The molecule has 1 aromatic carbocycles. The highest BCUT2D eigenvalue weighted by Crippen LogP contribution is 2.30. The van der Waals surface area contributed by atoms with E-state index in [4.69, 9.17) is 5.11 Å². The molecule has 0 aliphatic rings. The van der Waals surface area contributed by atoms with Crippen LogP contribution in [0.1, 0.15) is 59.9 Å². The molecule has 0 saturated carbocycles. The smallest absolute Gasteiger partial charge is 0.326 e. The summed E-state index contributed by atoms with van der Waals surface area (Å²) in [6.45, 7) is 11.0. The Morgan fingerprint density at radius 1 is 0.927 bits per heavy atom. The highest BCUT2D eigenvalue weighted by Gasteiger charge is 2.42. The summed E-state index contributed by atoms with van der Waals surface area (Å²) in [4.78, 5) is 65.2. The molecule has 228 valence electrons. The maximum absolute atomic E-state index is 13.7. The van der Waals surface area contributed by atoms with Gasteiger partial charge in [-0.1, -0.05) is 71.0 Å². The minimum absolute atomic E-state index is 0.0278. The van der Waals surface area contributed by atoms with Crippen molar-refractivity contribution in [2.45, 2.75) is 77.9 Å². The third-order valence-corrected chi connectivity index (χ3v) is 7.02. The van der Waals surface area contributed by atoms with Crippen molar-refractivity contribution in [1.29, 1.82) is 0 Å². The molecule has 3 unspecified atom stereocenters. The minimum atomic E-state index is -1.36. The highest BCUT2D eigenvalue weighted by molar-refractivity contribution is 5.95. The van der Waals surface area contributed by atoms with Gasteiger partial charge in [-0.3, -0.25) is 24.1 Å². The van der Waals surface area contributed by atoms with Crippen LogP contribution in [0.4, 0.5) is 0 Å². The van der Waals surface area contributed by atoms with E-state index in [-0.39, 0.29) is 30.4 Å². The topological polar surface area (TPSA) is 156 Å². The molecule has 1 rings (SSSR count). The average molecular weight is 575 g/mol. The first-order valence-electron chi connectivity index (χ1n) is 13.5. The van der Waals surface area contributed by atoms with E-state index in [1.165, 1.54) is 17.9 Å². The van der Waals surface area contributed by atoms with Crippen LogP contribution in [0, 0.1) is 5.41 Å². The van der Waals surface area contributed by atoms with Gasteiger partial charge >= 0.3 is 11.9 Å². The SMILES string of the molecule is C/C(=C\CN(C)C(=O)C(NC(=O)C(N(C)C)C(C)(C)c1ccccc1)C(C)(C)C)C(=O)NC(CCC(=O)O)C(=O)O. The number of aliphatic carboxylic acids is 2. The lowest BCUT2D eigenvalue weighted by atomic mass is 9.76. The molecule has 11 heteroatoms. The Labute approximate surface area is 243 Å². The van der Waals surface area contributed by atoms with Gasteiger partial charge in [-0.05, 0) is 38.4 Å². The number of benzene rings is 1. The van der Waals surface area contributed by atoms with Crippen molar-refractivity contribution in [1.82, 2.24) is 20.4 Å². The molecule has 3 amide bonds. The lowest BCUT2D eigenvalue weighted by Crippen LogP contribution is -2.61. The summed E-state index contributed by atoms with van der Waals surface area (Å²) in [5.74, 6) is -3.83. The van der Waals surface area contributed by atoms with Gasteiger partial charge in [0.1, 0.15) is 12.1 Å². The molecule has 0 fully saturated rings. The van der Waals surface area contributed by atoms with Crippen LogP contribution >= 0.6 is 0 Å². The quantitative estimate of drug-likeness (QED) is 0.247. The van der Waals surface area contributed by atoms with E-state index in [0.717, 1.165) is 5.56 Å². The van der Waals surface area contributed by atoms with E-state index < -0.39 is 53.2 Å². The predicted octanol–water partition coefficient (Wildman–Crippen LogP) is 2.26. The molecule has 0 spiro atoms. The summed E-state index contributed by atoms with van der Waals surface area (Å²) in [7, 11) is 5.20. The zero-order chi connectivity index (χ0) is 31.7. The number of likely N-dealkylation sites (N-methyl/N-ethyl adjacent to an activating group) is 2. The number of amides is 3. The summed E-state index contributed by atoms with van der Waals surface area (Å²) in [6, 6.07) is 6.90. The van der Waals surface area contributed by atoms with Crippen molar-refractivity contribution in [3.63, 3.8) is 0 Å². The zero-order valence-corrected chi connectivity index (χ0v) is 25.6. The molecule has 0 aliphatic carbocycles. The first kappa shape index (κ1) is 35.3. The number of carbonyl (C=O) groups is 5. The monoisotopic (exact) mass is 574 g/mol. The minimum Gasteiger partial charge on any atom is -0.481 e. The lowest BCUT2D eigenvalue weighted by molar-refractivity contribution is -0.142. The maximum Gasteiger partial charge on any atom is 0.326 e. The second-order valence-electron chi connectivity index (χ2n) is 12.2. The van der Waals surface area contributed by atoms with Crippen LogP contribution in [0.25, 0.3) is 0 Å². The number of nitrogens with one attached hydrogen (secondary N) is 2. The van der Waals surface area contributed by atoms with Gasteiger partial charge in [-0.2, -0.15) is 0 Å². The Morgan fingerprint density at radius 3 is 1.95 bits per heavy atom. The number of hydrogen-bond donors (Lipinski definition) is 4. The second kappa shape index (κ2) is 14.8. The molecule has 0 heterocycles. The number of hydrogen-bond acceptors (Lipinski definition) is 6. The largest absolute Gasteiger partial charge is 0.481 e. The third-order valence-electron chi connectivity index (χ3n) is 7.02. The van der Waals surface area contributed by atoms with Gasteiger partial charge in [0, 0.05) is 31.0 Å². The third kappa shape index (κ3) is 10.3. The summed E-state index contributed by atoms with van der Waals surface area (Å²) in [6.07, 6.45) is 0.810. The van der Waals surface area contributed by atoms with E-state index in [2.05, 4.69) is 10.6 Å². The van der Waals surface area contributed by atoms with Gasteiger partial charge in [-0.15, -0.1) is 0 Å². The van der Waals surface area contributed by atoms with Crippen LogP contribution in [0.2, 0.25) is 0 Å². The van der Waals surface area contributed by atoms with E-state index in [0.29, 0.717) is 0 Å². The molecule has 0 aromatic heterocycles. The molecular formula is C30H46N4O7. The van der Waals surface area contributed by atoms with Gasteiger partial charge < -0.3 is 25.7 Å². The standard InChI is InChI=1S/C30H46N4O7/c1-19(25(37)31-21(28(40)41)15-16-22(35)36)17-18-34(9)27(39)23(29(2,3)4)32-26(38)24(33(7)8)30(5,6)20-13-11-10-12-14-20/h10-14,17,21,23-24H,15-16,18H2,1-9H3,(H,31,37)(H,32,38)(H,35,36)(H,40,41)/b19-17+. The van der Waals surface area contributed by atoms with E-state index in [9.17, 15) is 29.1 Å².